The number of halogens is 3. The summed E-state index contributed by atoms with van der Waals surface area (Å²) in [6.45, 7) is -0.435. The molecule has 106 valence electrons. The number of alkyl halides is 3. The second-order valence-corrected chi connectivity index (χ2v) is 4.92. The molecule has 5 heteroatoms. The van der Waals surface area contributed by atoms with Crippen molar-refractivity contribution >= 4 is 0 Å². The van der Waals surface area contributed by atoms with Gasteiger partial charge >= 0.3 is 6.18 Å². The summed E-state index contributed by atoms with van der Waals surface area (Å²) in [5.41, 5.74) is 1.01. The predicted molar refractivity (Wildman–Crippen MR) is 67.1 cm³/mol. The molecule has 0 spiro atoms. The van der Waals surface area contributed by atoms with Crippen LogP contribution in [0.4, 0.5) is 13.2 Å². The fourth-order valence-electron chi connectivity index (χ4n) is 1.91. The number of ether oxygens (including phenoxy) is 1. The van der Waals surface area contributed by atoms with Crippen LogP contribution < -0.4 is 5.32 Å². The van der Waals surface area contributed by atoms with Gasteiger partial charge in [-0.15, -0.1) is 0 Å². The molecule has 2 nitrogen and oxygen atoms in total. The van der Waals surface area contributed by atoms with E-state index in [2.05, 4.69) is 5.32 Å². The van der Waals surface area contributed by atoms with E-state index in [1.165, 1.54) is 0 Å². The van der Waals surface area contributed by atoms with Crippen LogP contribution in [0.25, 0.3) is 0 Å². The van der Waals surface area contributed by atoms with Gasteiger partial charge in [-0.25, -0.2) is 0 Å². The second-order valence-electron chi connectivity index (χ2n) is 4.92. The van der Waals surface area contributed by atoms with Crippen molar-refractivity contribution < 1.29 is 17.9 Å². The van der Waals surface area contributed by atoms with E-state index in [1.807, 2.05) is 30.3 Å². The van der Waals surface area contributed by atoms with Crippen molar-refractivity contribution in [1.29, 1.82) is 0 Å². The molecule has 1 aliphatic rings. The molecule has 1 N–H and O–H groups in total. The minimum Gasteiger partial charge on any atom is -0.371 e. The van der Waals surface area contributed by atoms with Crippen molar-refractivity contribution in [1.82, 2.24) is 5.32 Å². The Hall–Kier alpha value is -1.07. The van der Waals surface area contributed by atoms with Gasteiger partial charge in [0.05, 0.1) is 6.61 Å². The van der Waals surface area contributed by atoms with Gasteiger partial charge in [0, 0.05) is 18.5 Å². The molecule has 1 aromatic carbocycles. The van der Waals surface area contributed by atoms with Crippen LogP contribution in [0.1, 0.15) is 24.3 Å². The van der Waals surface area contributed by atoms with Crippen LogP contribution in [0, 0.1) is 0 Å². The number of rotatable bonds is 7. The molecule has 0 bridgehead atoms. The monoisotopic (exact) mass is 273 g/mol. The molecule has 0 saturated heterocycles. The summed E-state index contributed by atoms with van der Waals surface area (Å²) in [6.07, 6.45) is -1.94. The average molecular weight is 273 g/mol. The van der Waals surface area contributed by atoms with E-state index < -0.39 is 12.8 Å². The van der Waals surface area contributed by atoms with Gasteiger partial charge in [0.15, 0.2) is 0 Å². The third-order valence-corrected chi connectivity index (χ3v) is 3.09. The van der Waals surface area contributed by atoms with Crippen molar-refractivity contribution in [3.63, 3.8) is 0 Å². The third kappa shape index (κ3) is 5.61. The Morgan fingerprint density at radius 1 is 1.21 bits per heavy atom. The lowest BCUT2D eigenvalue weighted by Crippen LogP contribution is -2.28. The molecule has 0 aliphatic heterocycles. The number of nitrogens with one attached hydrogen (secondary N) is 1. The Balaban J connectivity index is 1.86. The summed E-state index contributed by atoms with van der Waals surface area (Å²) in [7, 11) is 0. The first-order chi connectivity index (χ1) is 9.04. The highest BCUT2D eigenvalue weighted by atomic mass is 19.4. The Bertz CT molecular complexity index is 376. The van der Waals surface area contributed by atoms with Gasteiger partial charge in [0.1, 0.15) is 6.61 Å². The summed E-state index contributed by atoms with van der Waals surface area (Å²) >= 11 is 0. The molecule has 0 radical (unpaired) electrons. The molecule has 1 unspecified atom stereocenters. The van der Waals surface area contributed by atoms with E-state index in [1.54, 1.807) is 0 Å². The van der Waals surface area contributed by atoms with Crippen LogP contribution >= 0.6 is 0 Å². The molecular formula is C14H18F3NO. The SMILES string of the molecule is FC(F)(F)COCC(CNC1CC1)c1ccccc1. The quantitative estimate of drug-likeness (QED) is 0.824. The van der Waals surface area contributed by atoms with E-state index >= 15 is 0 Å². The Labute approximate surface area is 111 Å². The summed E-state index contributed by atoms with van der Waals surface area (Å²) < 4.78 is 41.1. The zero-order valence-electron chi connectivity index (χ0n) is 10.6. The second kappa shape index (κ2) is 6.39. The Kier molecular flexibility index (Phi) is 4.82. The van der Waals surface area contributed by atoms with Crippen LogP contribution in [0.15, 0.2) is 30.3 Å². The van der Waals surface area contributed by atoms with E-state index in [0.717, 1.165) is 18.4 Å². The first kappa shape index (κ1) is 14.3. The Morgan fingerprint density at radius 2 is 1.89 bits per heavy atom. The number of hydrogen-bond donors (Lipinski definition) is 1. The largest absolute Gasteiger partial charge is 0.411 e. The zero-order chi connectivity index (χ0) is 13.7. The van der Waals surface area contributed by atoms with Gasteiger partial charge in [-0.2, -0.15) is 13.2 Å². The van der Waals surface area contributed by atoms with Gasteiger partial charge in [-0.1, -0.05) is 30.3 Å². The number of benzene rings is 1. The minimum absolute atomic E-state index is 0.0378. The fourth-order valence-corrected chi connectivity index (χ4v) is 1.91. The predicted octanol–water partition coefficient (Wildman–Crippen LogP) is 3.10. The molecule has 1 atom stereocenters. The molecule has 0 aromatic heterocycles. The summed E-state index contributed by atoms with van der Waals surface area (Å²) in [5.74, 6) is -0.0378. The zero-order valence-corrected chi connectivity index (χ0v) is 10.6. The average Bonchev–Trinajstić information content (AvgIpc) is 3.17. The maximum absolute atomic E-state index is 12.1. The fraction of sp³-hybridized carbons (Fsp3) is 0.571. The first-order valence-electron chi connectivity index (χ1n) is 6.47. The molecule has 0 heterocycles. The van der Waals surface area contributed by atoms with Crippen LogP contribution in [0.2, 0.25) is 0 Å². The van der Waals surface area contributed by atoms with Crippen LogP contribution in [0.5, 0.6) is 0 Å². The van der Waals surface area contributed by atoms with Crippen molar-refractivity contribution in [2.75, 3.05) is 19.8 Å². The highest BCUT2D eigenvalue weighted by molar-refractivity contribution is 5.20. The highest BCUT2D eigenvalue weighted by Crippen LogP contribution is 2.22. The molecule has 19 heavy (non-hydrogen) atoms. The lowest BCUT2D eigenvalue weighted by Gasteiger charge is -2.19. The molecule has 1 aliphatic carbocycles. The lowest BCUT2D eigenvalue weighted by atomic mass is 10.00. The van der Waals surface area contributed by atoms with Gasteiger partial charge in [-0.05, 0) is 18.4 Å². The maximum atomic E-state index is 12.1. The minimum atomic E-state index is -4.26. The molecule has 2 rings (SSSR count). The molecular weight excluding hydrogens is 255 g/mol. The van der Waals surface area contributed by atoms with E-state index in [9.17, 15) is 13.2 Å². The molecule has 1 fully saturated rings. The third-order valence-electron chi connectivity index (χ3n) is 3.09. The first-order valence-corrected chi connectivity index (χ1v) is 6.47. The van der Waals surface area contributed by atoms with Gasteiger partial charge in [0.2, 0.25) is 0 Å². The van der Waals surface area contributed by atoms with Crippen molar-refractivity contribution in [3.05, 3.63) is 35.9 Å². The maximum Gasteiger partial charge on any atom is 0.411 e. The van der Waals surface area contributed by atoms with Gasteiger partial charge in [0.25, 0.3) is 0 Å². The molecule has 1 saturated carbocycles. The smallest absolute Gasteiger partial charge is 0.371 e. The van der Waals surface area contributed by atoms with Gasteiger partial charge < -0.3 is 10.1 Å². The summed E-state index contributed by atoms with van der Waals surface area (Å²) in [6, 6.07) is 10.1. The van der Waals surface area contributed by atoms with E-state index in [0.29, 0.717) is 12.6 Å². The van der Waals surface area contributed by atoms with E-state index in [-0.39, 0.29) is 12.5 Å². The van der Waals surface area contributed by atoms with Crippen LogP contribution in [0.3, 0.4) is 0 Å². The van der Waals surface area contributed by atoms with E-state index in [4.69, 9.17) is 4.74 Å². The number of hydrogen-bond acceptors (Lipinski definition) is 2. The topological polar surface area (TPSA) is 21.3 Å². The van der Waals surface area contributed by atoms with Crippen LogP contribution in [-0.4, -0.2) is 32.0 Å². The van der Waals surface area contributed by atoms with Crippen molar-refractivity contribution in [2.45, 2.75) is 31.0 Å². The Morgan fingerprint density at radius 3 is 2.47 bits per heavy atom. The lowest BCUT2D eigenvalue weighted by molar-refractivity contribution is -0.174. The molecule has 0 amide bonds. The van der Waals surface area contributed by atoms with Crippen LogP contribution in [-0.2, 0) is 4.74 Å². The van der Waals surface area contributed by atoms with Gasteiger partial charge in [-0.3, -0.25) is 0 Å². The summed E-state index contributed by atoms with van der Waals surface area (Å²) in [4.78, 5) is 0. The summed E-state index contributed by atoms with van der Waals surface area (Å²) in [5, 5.41) is 3.34. The normalized spacial score (nSPS) is 17.4. The van der Waals surface area contributed by atoms with Crippen molar-refractivity contribution in [3.8, 4) is 0 Å². The van der Waals surface area contributed by atoms with Crippen molar-refractivity contribution in [2.24, 2.45) is 0 Å². The molecule has 1 aromatic rings. The highest BCUT2D eigenvalue weighted by Gasteiger charge is 2.28. The standard InChI is InChI=1S/C14H18F3NO/c15-14(16,17)10-19-9-12(8-18-13-6-7-13)11-4-2-1-3-5-11/h1-5,12-13,18H,6-10H2.